The van der Waals surface area contributed by atoms with Gasteiger partial charge in [0.15, 0.2) is 0 Å². The zero-order chi connectivity index (χ0) is 15.5. The first kappa shape index (κ1) is 17.3. The van der Waals surface area contributed by atoms with Gasteiger partial charge in [0.2, 0.25) is 0 Å². The van der Waals surface area contributed by atoms with Gasteiger partial charge in [0.1, 0.15) is 5.60 Å². The maximum atomic E-state index is 11.8. The van der Waals surface area contributed by atoms with E-state index in [0.29, 0.717) is 18.1 Å². The van der Waals surface area contributed by atoms with Crippen LogP contribution in [0.15, 0.2) is 0 Å². The molecular formula is C16H32N2O2. The molecular weight excluding hydrogens is 252 g/mol. The van der Waals surface area contributed by atoms with E-state index < -0.39 is 5.60 Å². The molecule has 0 saturated carbocycles. The zero-order valence-corrected chi connectivity index (χ0v) is 14.2. The number of alkyl carbamates (subject to hydrolysis) is 1. The van der Waals surface area contributed by atoms with Crippen molar-refractivity contribution in [2.75, 3.05) is 0 Å². The van der Waals surface area contributed by atoms with Crippen molar-refractivity contribution in [2.45, 2.75) is 97.5 Å². The van der Waals surface area contributed by atoms with Crippen LogP contribution >= 0.6 is 0 Å². The molecule has 0 aromatic carbocycles. The van der Waals surface area contributed by atoms with Crippen molar-refractivity contribution in [2.24, 2.45) is 0 Å². The summed E-state index contributed by atoms with van der Waals surface area (Å²) in [6.07, 6.45) is 3.15. The summed E-state index contributed by atoms with van der Waals surface area (Å²) in [5.74, 6) is 0. The lowest BCUT2D eigenvalue weighted by Gasteiger charge is -2.33. The van der Waals surface area contributed by atoms with E-state index in [9.17, 15) is 4.79 Å². The predicted molar refractivity (Wildman–Crippen MR) is 82.9 cm³/mol. The van der Waals surface area contributed by atoms with Gasteiger partial charge in [-0.2, -0.15) is 0 Å². The molecule has 1 rings (SSSR count). The SMILES string of the molecule is CC(CC1CCC(C)N1C(C)C)NC(=O)OC(C)(C)C. The molecule has 0 aromatic rings. The van der Waals surface area contributed by atoms with E-state index in [1.807, 2.05) is 20.8 Å². The van der Waals surface area contributed by atoms with E-state index in [1.165, 1.54) is 12.8 Å². The predicted octanol–water partition coefficient (Wildman–Crippen LogP) is 3.55. The summed E-state index contributed by atoms with van der Waals surface area (Å²) >= 11 is 0. The Morgan fingerprint density at radius 2 is 1.90 bits per heavy atom. The van der Waals surface area contributed by atoms with Crippen LogP contribution < -0.4 is 5.32 Å². The maximum Gasteiger partial charge on any atom is 0.407 e. The molecule has 1 N–H and O–H groups in total. The van der Waals surface area contributed by atoms with Crippen molar-refractivity contribution in [1.29, 1.82) is 0 Å². The summed E-state index contributed by atoms with van der Waals surface area (Å²) in [5, 5.41) is 2.95. The van der Waals surface area contributed by atoms with Gasteiger partial charge >= 0.3 is 6.09 Å². The van der Waals surface area contributed by atoms with Crippen LogP contribution in [-0.4, -0.2) is 40.8 Å². The Morgan fingerprint density at radius 3 is 2.40 bits per heavy atom. The third kappa shape index (κ3) is 5.31. The maximum absolute atomic E-state index is 11.8. The van der Waals surface area contributed by atoms with Crippen LogP contribution in [0.1, 0.15) is 67.7 Å². The average Bonchev–Trinajstić information content (AvgIpc) is 2.55. The van der Waals surface area contributed by atoms with E-state index in [2.05, 4.69) is 37.9 Å². The largest absolute Gasteiger partial charge is 0.444 e. The van der Waals surface area contributed by atoms with Crippen LogP contribution in [0, 0.1) is 0 Å². The van der Waals surface area contributed by atoms with Gasteiger partial charge in [-0.3, -0.25) is 4.90 Å². The van der Waals surface area contributed by atoms with E-state index in [4.69, 9.17) is 4.74 Å². The first-order valence-electron chi connectivity index (χ1n) is 7.87. The fraction of sp³-hybridized carbons (Fsp3) is 0.938. The van der Waals surface area contributed by atoms with Crippen molar-refractivity contribution in [1.82, 2.24) is 10.2 Å². The molecule has 3 unspecified atom stereocenters. The first-order chi connectivity index (χ1) is 9.10. The Labute approximate surface area is 124 Å². The van der Waals surface area contributed by atoms with Crippen molar-refractivity contribution in [3.05, 3.63) is 0 Å². The fourth-order valence-corrected chi connectivity index (χ4v) is 3.24. The topological polar surface area (TPSA) is 41.6 Å². The quantitative estimate of drug-likeness (QED) is 0.858. The molecule has 1 amide bonds. The van der Waals surface area contributed by atoms with E-state index >= 15 is 0 Å². The van der Waals surface area contributed by atoms with Crippen LogP contribution in [0.3, 0.4) is 0 Å². The lowest BCUT2D eigenvalue weighted by molar-refractivity contribution is 0.0495. The number of carbonyl (C=O) groups excluding carboxylic acids is 1. The number of amides is 1. The molecule has 118 valence electrons. The summed E-state index contributed by atoms with van der Waals surface area (Å²) in [6, 6.07) is 1.91. The van der Waals surface area contributed by atoms with Crippen LogP contribution in [0.2, 0.25) is 0 Å². The van der Waals surface area contributed by atoms with Crippen LogP contribution in [0.25, 0.3) is 0 Å². The number of carbonyl (C=O) groups is 1. The minimum Gasteiger partial charge on any atom is -0.444 e. The Balaban J connectivity index is 2.46. The second kappa shape index (κ2) is 6.79. The highest BCUT2D eigenvalue weighted by atomic mass is 16.6. The standard InChI is InChI=1S/C16H32N2O2/c1-11(2)18-13(4)8-9-14(18)10-12(3)17-15(19)20-16(5,6)7/h11-14H,8-10H2,1-7H3,(H,17,19). The van der Waals surface area contributed by atoms with Gasteiger partial charge in [0.25, 0.3) is 0 Å². The number of rotatable bonds is 4. The Morgan fingerprint density at radius 1 is 1.30 bits per heavy atom. The van der Waals surface area contributed by atoms with Crippen molar-refractivity contribution in [3.8, 4) is 0 Å². The molecule has 0 spiro atoms. The molecule has 0 aliphatic carbocycles. The van der Waals surface area contributed by atoms with Gasteiger partial charge in [-0.25, -0.2) is 4.79 Å². The molecule has 0 bridgehead atoms. The van der Waals surface area contributed by atoms with E-state index in [0.717, 1.165) is 6.42 Å². The van der Waals surface area contributed by atoms with Crippen molar-refractivity contribution in [3.63, 3.8) is 0 Å². The molecule has 4 nitrogen and oxygen atoms in total. The number of hydrogen-bond acceptors (Lipinski definition) is 3. The third-order valence-corrected chi connectivity index (χ3v) is 3.83. The molecule has 20 heavy (non-hydrogen) atoms. The van der Waals surface area contributed by atoms with Gasteiger partial charge in [-0.1, -0.05) is 0 Å². The number of nitrogens with zero attached hydrogens (tertiary/aromatic N) is 1. The molecule has 1 aliphatic rings. The van der Waals surface area contributed by atoms with Crippen molar-refractivity contribution < 1.29 is 9.53 Å². The Hall–Kier alpha value is -0.770. The zero-order valence-electron chi connectivity index (χ0n) is 14.2. The number of likely N-dealkylation sites (tertiary alicyclic amines) is 1. The lowest BCUT2D eigenvalue weighted by Crippen LogP contribution is -2.45. The molecule has 1 saturated heterocycles. The molecule has 3 atom stereocenters. The summed E-state index contributed by atoms with van der Waals surface area (Å²) in [6.45, 7) is 14.5. The van der Waals surface area contributed by atoms with E-state index in [1.54, 1.807) is 0 Å². The van der Waals surface area contributed by atoms with Crippen LogP contribution in [0.5, 0.6) is 0 Å². The smallest absolute Gasteiger partial charge is 0.407 e. The Bertz CT molecular complexity index is 323. The lowest BCUT2D eigenvalue weighted by atomic mass is 10.1. The minimum absolute atomic E-state index is 0.140. The fourth-order valence-electron chi connectivity index (χ4n) is 3.24. The molecule has 1 aliphatic heterocycles. The molecule has 1 heterocycles. The third-order valence-electron chi connectivity index (χ3n) is 3.83. The summed E-state index contributed by atoms with van der Waals surface area (Å²) < 4.78 is 5.30. The normalized spacial score (nSPS) is 25.8. The average molecular weight is 284 g/mol. The summed E-state index contributed by atoms with van der Waals surface area (Å²) in [5.41, 5.74) is -0.435. The van der Waals surface area contributed by atoms with Gasteiger partial charge in [0, 0.05) is 24.2 Å². The molecule has 1 fully saturated rings. The van der Waals surface area contributed by atoms with Gasteiger partial charge in [0.05, 0.1) is 0 Å². The van der Waals surface area contributed by atoms with Crippen molar-refractivity contribution >= 4 is 6.09 Å². The van der Waals surface area contributed by atoms with Crippen LogP contribution in [0.4, 0.5) is 4.79 Å². The summed E-state index contributed by atoms with van der Waals surface area (Å²) in [4.78, 5) is 14.4. The number of hydrogen-bond donors (Lipinski definition) is 1. The number of ether oxygens (including phenoxy) is 1. The highest BCUT2D eigenvalue weighted by Gasteiger charge is 2.33. The second-order valence-corrected chi connectivity index (χ2v) is 7.40. The van der Waals surface area contributed by atoms with Crippen LogP contribution in [-0.2, 0) is 4.74 Å². The van der Waals surface area contributed by atoms with Gasteiger partial charge in [-0.15, -0.1) is 0 Å². The van der Waals surface area contributed by atoms with Gasteiger partial charge in [-0.05, 0) is 67.7 Å². The molecule has 0 radical (unpaired) electrons. The van der Waals surface area contributed by atoms with Gasteiger partial charge < -0.3 is 10.1 Å². The second-order valence-electron chi connectivity index (χ2n) is 7.40. The molecule has 4 heteroatoms. The number of nitrogens with one attached hydrogen (secondary N) is 1. The first-order valence-corrected chi connectivity index (χ1v) is 7.87. The highest BCUT2D eigenvalue weighted by Crippen LogP contribution is 2.29. The van der Waals surface area contributed by atoms with E-state index in [-0.39, 0.29) is 12.1 Å². The summed E-state index contributed by atoms with van der Waals surface area (Å²) in [7, 11) is 0. The monoisotopic (exact) mass is 284 g/mol. The minimum atomic E-state index is -0.435. The Kier molecular flexibility index (Phi) is 5.87. The molecule has 0 aromatic heterocycles. The highest BCUT2D eigenvalue weighted by molar-refractivity contribution is 5.68.